The summed E-state index contributed by atoms with van der Waals surface area (Å²) >= 11 is 0. The smallest absolute Gasteiger partial charge is 0.303 e. The van der Waals surface area contributed by atoms with E-state index < -0.39 is 16.8 Å². The molecule has 74 valence electrons. The van der Waals surface area contributed by atoms with Crippen molar-refractivity contribution in [3.05, 3.63) is 33.9 Å². The second-order valence-corrected chi connectivity index (χ2v) is 4.56. The highest BCUT2D eigenvalue weighted by Crippen LogP contribution is 2.28. The maximum Gasteiger partial charge on any atom is 0.303 e. The zero-order valence-electron chi connectivity index (χ0n) is 7.70. The van der Waals surface area contributed by atoms with Crippen molar-refractivity contribution in [2.75, 3.05) is 0 Å². The molecule has 14 heavy (non-hydrogen) atoms. The predicted octanol–water partition coefficient (Wildman–Crippen LogP) is 1.71. The van der Waals surface area contributed by atoms with E-state index in [4.69, 9.17) is 0 Å². The van der Waals surface area contributed by atoms with Gasteiger partial charge < -0.3 is 4.55 Å². The van der Waals surface area contributed by atoms with E-state index in [1.807, 2.05) is 0 Å². The Morgan fingerprint density at radius 2 is 2.14 bits per heavy atom. The van der Waals surface area contributed by atoms with Gasteiger partial charge >= 0.3 is 5.56 Å². The molecular weight excluding hydrogens is 205 g/mol. The van der Waals surface area contributed by atoms with E-state index in [2.05, 4.69) is 0 Å². The highest BCUT2D eigenvalue weighted by Gasteiger charge is 2.19. The molecule has 2 rings (SSSR count). The third-order valence-corrected chi connectivity index (χ3v) is 3.82. The van der Waals surface area contributed by atoms with Gasteiger partial charge in [0, 0.05) is 16.5 Å². The average molecular weight is 213 g/mol. The topological polar surface area (TPSA) is 45.1 Å². The number of halogens is 1. The van der Waals surface area contributed by atoms with Gasteiger partial charge in [0.15, 0.2) is 0 Å². The van der Waals surface area contributed by atoms with Gasteiger partial charge in [-0.2, -0.15) is 0 Å². The van der Waals surface area contributed by atoms with Gasteiger partial charge in [-0.15, -0.1) is 3.96 Å². The van der Waals surface area contributed by atoms with Gasteiger partial charge in [-0.25, -0.2) is 4.39 Å². The molecule has 0 spiro atoms. The van der Waals surface area contributed by atoms with Gasteiger partial charge in [-0.3, -0.25) is 4.79 Å². The van der Waals surface area contributed by atoms with Gasteiger partial charge in [-0.1, -0.05) is 0 Å². The van der Waals surface area contributed by atoms with E-state index >= 15 is 0 Å². The van der Waals surface area contributed by atoms with Crippen LogP contribution >= 0.6 is 10.9 Å². The Bertz CT molecular complexity index is 570. The van der Waals surface area contributed by atoms with Crippen LogP contribution in [0.1, 0.15) is 5.56 Å². The van der Waals surface area contributed by atoms with Crippen LogP contribution < -0.4 is 5.56 Å². The zero-order chi connectivity index (χ0) is 10.5. The lowest BCUT2D eigenvalue weighted by Gasteiger charge is -1.96. The minimum atomic E-state index is -1.55. The number of rotatable bonds is 0. The molecule has 0 bridgehead atoms. The highest BCUT2D eigenvalue weighted by molar-refractivity contribution is 7.27. The van der Waals surface area contributed by atoms with Crippen molar-refractivity contribution in [1.82, 2.24) is 3.96 Å². The Morgan fingerprint density at radius 1 is 1.50 bits per heavy atom. The first-order chi connectivity index (χ1) is 6.54. The Hall–Kier alpha value is -1.20. The fourth-order valence-corrected chi connectivity index (χ4v) is 2.67. The van der Waals surface area contributed by atoms with E-state index in [1.54, 1.807) is 0 Å². The van der Waals surface area contributed by atoms with Crippen molar-refractivity contribution < 1.29 is 8.94 Å². The van der Waals surface area contributed by atoms with Crippen LogP contribution in [0.5, 0.6) is 0 Å². The number of hydrogen-bond acceptors (Lipinski definition) is 2. The van der Waals surface area contributed by atoms with Crippen molar-refractivity contribution in [3.8, 4) is 0 Å². The standard InChI is InChI=1S/C9H8FNO2S/c1-5-7(10)4-3-6-8(5)14(13)11(2)9(6)12/h3-4H,1-2H3. The van der Waals surface area contributed by atoms with E-state index in [-0.39, 0.29) is 5.56 Å². The monoisotopic (exact) mass is 213 g/mol. The Kier molecular flexibility index (Phi) is 1.94. The molecule has 0 radical (unpaired) electrons. The van der Waals surface area contributed by atoms with Crippen LogP contribution in [-0.2, 0) is 7.05 Å². The molecule has 0 aliphatic rings. The van der Waals surface area contributed by atoms with Gasteiger partial charge in [-0.05, 0) is 19.1 Å². The molecular formula is C9H8FNO2S. The second-order valence-electron chi connectivity index (χ2n) is 3.10. The molecule has 1 unspecified atom stereocenters. The normalized spacial score (nSPS) is 12.4. The van der Waals surface area contributed by atoms with Crippen LogP contribution in [0.2, 0.25) is 0 Å². The third kappa shape index (κ3) is 1.03. The van der Waals surface area contributed by atoms with E-state index in [1.165, 1.54) is 26.1 Å². The fraction of sp³-hybridized carbons (Fsp3) is 0.222. The minimum Gasteiger partial charge on any atom is -0.570 e. The minimum absolute atomic E-state index is 0.290. The summed E-state index contributed by atoms with van der Waals surface area (Å²) in [6.07, 6.45) is 0. The Balaban J connectivity index is 3.11. The van der Waals surface area contributed by atoms with Crippen LogP contribution in [0, 0.1) is 12.7 Å². The predicted molar refractivity (Wildman–Crippen MR) is 52.5 cm³/mol. The lowest BCUT2D eigenvalue weighted by atomic mass is 10.2. The SMILES string of the molecule is Cc1c(F)ccc2c(=O)n(C)[s+]([O-])c12. The summed E-state index contributed by atoms with van der Waals surface area (Å²) in [5, 5.41) is 0.338. The van der Waals surface area contributed by atoms with Crippen molar-refractivity contribution in [1.29, 1.82) is 0 Å². The summed E-state index contributed by atoms with van der Waals surface area (Å²) in [6.45, 7) is 1.53. The van der Waals surface area contributed by atoms with Gasteiger partial charge in [0.1, 0.15) is 11.2 Å². The summed E-state index contributed by atoms with van der Waals surface area (Å²) < 4.78 is 26.2. The number of aromatic nitrogens is 1. The molecule has 5 heteroatoms. The number of hydrogen-bond donors (Lipinski definition) is 0. The Labute approximate surface area is 82.4 Å². The van der Waals surface area contributed by atoms with Crippen LogP contribution in [0.3, 0.4) is 0 Å². The molecule has 0 saturated carbocycles. The summed E-state index contributed by atoms with van der Waals surface area (Å²) in [7, 11) is -0.110. The molecule has 0 aliphatic heterocycles. The average Bonchev–Trinajstić information content (AvgIpc) is 2.38. The fourth-order valence-electron chi connectivity index (χ4n) is 1.44. The number of aryl methyl sites for hydroxylation is 1. The Morgan fingerprint density at radius 3 is 2.79 bits per heavy atom. The van der Waals surface area contributed by atoms with Crippen LogP contribution in [0.25, 0.3) is 10.1 Å². The van der Waals surface area contributed by atoms with Crippen molar-refractivity contribution in [2.24, 2.45) is 7.05 Å². The molecule has 0 amide bonds. The van der Waals surface area contributed by atoms with Crippen molar-refractivity contribution in [3.63, 3.8) is 0 Å². The molecule has 1 aromatic heterocycles. The van der Waals surface area contributed by atoms with E-state index in [0.717, 1.165) is 3.96 Å². The quantitative estimate of drug-likeness (QED) is 0.625. The van der Waals surface area contributed by atoms with Gasteiger partial charge in [0.2, 0.25) is 4.70 Å². The summed E-state index contributed by atoms with van der Waals surface area (Å²) in [4.78, 5) is 11.5. The summed E-state index contributed by atoms with van der Waals surface area (Å²) in [5.74, 6) is -0.430. The molecule has 2 aromatic rings. The highest BCUT2D eigenvalue weighted by atomic mass is 32.2. The first-order valence-electron chi connectivity index (χ1n) is 4.03. The molecule has 0 fully saturated rings. The molecule has 0 saturated heterocycles. The molecule has 0 aliphatic carbocycles. The summed E-state index contributed by atoms with van der Waals surface area (Å²) in [6, 6.07) is 2.60. The molecule has 3 nitrogen and oxygen atoms in total. The molecule has 1 atom stereocenters. The van der Waals surface area contributed by atoms with Crippen LogP contribution in [0.15, 0.2) is 16.9 Å². The zero-order valence-corrected chi connectivity index (χ0v) is 8.52. The molecule has 1 aromatic carbocycles. The number of fused-ring (bicyclic) bond motifs is 1. The van der Waals surface area contributed by atoms with Gasteiger partial charge in [0.05, 0.1) is 7.05 Å². The maximum atomic E-state index is 13.1. The van der Waals surface area contributed by atoms with E-state index in [9.17, 15) is 13.7 Å². The third-order valence-electron chi connectivity index (χ3n) is 2.28. The largest absolute Gasteiger partial charge is 0.570 e. The van der Waals surface area contributed by atoms with Crippen LogP contribution in [-0.4, -0.2) is 8.51 Å². The van der Waals surface area contributed by atoms with E-state index in [0.29, 0.717) is 15.6 Å². The second kappa shape index (κ2) is 2.90. The first-order valence-corrected chi connectivity index (χ1v) is 5.13. The maximum absolute atomic E-state index is 13.1. The van der Waals surface area contributed by atoms with Crippen molar-refractivity contribution in [2.45, 2.75) is 6.92 Å². The van der Waals surface area contributed by atoms with Crippen molar-refractivity contribution >= 4 is 21.0 Å². The first kappa shape index (κ1) is 9.36. The number of nitrogens with zero attached hydrogens (tertiary/aromatic N) is 1. The summed E-state index contributed by atoms with van der Waals surface area (Å²) in [5.41, 5.74) is -0.0278. The number of benzene rings is 1. The lowest BCUT2D eigenvalue weighted by molar-refractivity contribution is 0.580. The van der Waals surface area contributed by atoms with Crippen LogP contribution in [0.4, 0.5) is 4.39 Å². The molecule has 1 heterocycles. The lowest BCUT2D eigenvalue weighted by Crippen LogP contribution is -2.09. The molecule has 0 N–H and O–H groups in total. The van der Waals surface area contributed by atoms with Gasteiger partial charge in [0.25, 0.3) is 0 Å².